The molecular formula is C5H10O4S. The first-order valence-corrected chi connectivity index (χ1v) is 3.37. The standard InChI is InChI=1S/C5H10O4S/c6-1-3(7)5(9)4(8)2-10/h4-6,8-10H,1-2H2/t4-,5-/m1/s1. The number of Topliss-reactive ketones (excluding diaryl/α,β-unsaturated/α-hetero) is 1. The zero-order chi connectivity index (χ0) is 8.15. The zero-order valence-corrected chi connectivity index (χ0v) is 6.16. The predicted molar refractivity (Wildman–Crippen MR) is 38.0 cm³/mol. The lowest BCUT2D eigenvalue weighted by Crippen LogP contribution is -2.36. The number of rotatable bonds is 4. The summed E-state index contributed by atoms with van der Waals surface area (Å²) in [5.41, 5.74) is 0. The molecule has 10 heavy (non-hydrogen) atoms. The van der Waals surface area contributed by atoms with E-state index in [1.165, 1.54) is 0 Å². The van der Waals surface area contributed by atoms with Gasteiger partial charge in [-0.05, 0) is 0 Å². The Balaban J connectivity index is 3.81. The van der Waals surface area contributed by atoms with E-state index in [9.17, 15) is 4.79 Å². The molecule has 0 aliphatic carbocycles. The highest BCUT2D eigenvalue weighted by Gasteiger charge is 2.21. The summed E-state index contributed by atoms with van der Waals surface area (Å²) >= 11 is 3.64. The Morgan fingerprint density at radius 1 is 1.50 bits per heavy atom. The predicted octanol–water partition coefficient (Wildman–Crippen LogP) is -1.80. The fraction of sp³-hybridized carbons (Fsp3) is 0.800. The maximum Gasteiger partial charge on any atom is 0.189 e. The van der Waals surface area contributed by atoms with E-state index in [0.29, 0.717) is 0 Å². The molecule has 3 N–H and O–H groups in total. The second-order valence-corrected chi connectivity index (χ2v) is 2.18. The van der Waals surface area contributed by atoms with Crippen LogP contribution < -0.4 is 0 Å². The Morgan fingerprint density at radius 3 is 2.30 bits per heavy atom. The molecule has 2 atom stereocenters. The van der Waals surface area contributed by atoms with Crippen LogP contribution >= 0.6 is 12.6 Å². The molecule has 0 aromatic rings. The minimum atomic E-state index is -1.51. The van der Waals surface area contributed by atoms with Gasteiger partial charge >= 0.3 is 0 Å². The van der Waals surface area contributed by atoms with E-state index in [1.807, 2.05) is 0 Å². The molecule has 5 heteroatoms. The smallest absolute Gasteiger partial charge is 0.189 e. The molecule has 0 saturated heterocycles. The molecule has 0 fully saturated rings. The van der Waals surface area contributed by atoms with Crippen LogP contribution in [-0.2, 0) is 4.79 Å². The molecule has 60 valence electrons. The summed E-state index contributed by atoms with van der Waals surface area (Å²) in [7, 11) is 0. The van der Waals surface area contributed by atoms with Gasteiger partial charge < -0.3 is 15.3 Å². The molecule has 0 spiro atoms. The Hall–Kier alpha value is -0.100. The summed E-state index contributed by atoms with van der Waals surface area (Å²) < 4.78 is 0. The van der Waals surface area contributed by atoms with Crippen molar-refractivity contribution in [1.82, 2.24) is 0 Å². The van der Waals surface area contributed by atoms with Crippen molar-refractivity contribution in [2.45, 2.75) is 12.2 Å². The molecule has 0 bridgehead atoms. The summed E-state index contributed by atoms with van der Waals surface area (Å²) in [4.78, 5) is 10.4. The van der Waals surface area contributed by atoms with E-state index in [2.05, 4.69) is 12.6 Å². The fourth-order valence-corrected chi connectivity index (χ4v) is 0.608. The lowest BCUT2D eigenvalue weighted by Gasteiger charge is -2.12. The summed E-state index contributed by atoms with van der Waals surface area (Å²) in [6, 6.07) is 0. The van der Waals surface area contributed by atoms with Crippen LogP contribution in [0.25, 0.3) is 0 Å². The third kappa shape index (κ3) is 2.66. The highest BCUT2D eigenvalue weighted by molar-refractivity contribution is 7.80. The van der Waals surface area contributed by atoms with E-state index >= 15 is 0 Å². The largest absolute Gasteiger partial charge is 0.389 e. The third-order valence-corrected chi connectivity index (χ3v) is 1.41. The molecule has 0 aromatic carbocycles. The van der Waals surface area contributed by atoms with Crippen molar-refractivity contribution < 1.29 is 20.1 Å². The topological polar surface area (TPSA) is 77.8 Å². The molecule has 0 aliphatic rings. The van der Waals surface area contributed by atoms with Crippen LogP contribution in [0.5, 0.6) is 0 Å². The maximum absolute atomic E-state index is 10.4. The molecule has 0 aromatic heterocycles. The molecule has 0 heterocycles. The maximum atomic E-state index is 10.4. The Labute approximate surface area is 63.9 Å². The first-order chi connectivity index (χ1) is 4.63. The normalized spacial score (nSPS) is 16.4. The molecule has 0 radical (unpaired) electrons. The molecule has 4 nitrogen and oxygen atoms in total. The van der Waals surface area contributed by atoms with Gasteiger partial charge in [-0.3, -0.25) is 4.79 Å². The number of carbonyl (C=O) groups excluding carboxylic acids is 1. The van der Waals surface area contributed by atoms with E-state index in [1.54, 1.807) is 0 Å². The lowest BCUT2D eigenvalue weighted by atomic mass is 10.1. The van der Waals surface area contributed by atoms with E-state index in [-0.39, 0.29) is 5.75 Å². The molecular weight excluding hydrogens is 156 g/mol. The van der Waals surface area contributed by atoms with Gasteiger partial charge in [-0.2, -0.15) is 12.6 Å². The zero-order valence-electron chi connectivity index (χ0n) is 5.27. The number of hydrogen-bond acceptors (Lipinski definition) is 5. The van der Waals surface area contributed by atoms with Crippen molar-refractivity contribution in [1.29, 1.82) is 0 Å². The van der Waals surface area contributed by atoms with Gasteiger partial charge in [-0.1, -0.05) is 0 Å². The van der Waals surface area contributed by atoms with E-state index in [4.69, 9.17) is 15.3 Å². The average Bonchev–Trinajstić information content (AvgIpc) is 2.00. The van der Waals surface area contributed by atoms with Gasteiger partial charge in [0.25, 0.3) is 0 Å². The summed E-state index contributed by atoms with van der Waals surface area (Å²) in [5, 5.41) is 25.8. The Bertz CT molecular complexity index is 116. The summed E-state index contributed by atoms with van der Waals surface area (Å²) in [6.45, 7) is -0.758. The number of hydrogen-bond donors (Lipinski definition) is 4. The van der Waals surface area contributed by atoms with Crippen LogP contribution in [-0.4, -0.2) is 45.7 Å². The number of thiol groups is 1. The lowest BCUT2D eigenvalue weighted by molar-refractivity contribution is -0.134. The van der Waals surface area contributed by atoms with Crippen LogP contribution in [0.4, 0.5) is 0 Å². The van der Waals surface area contributed by atoms with Crippen molar-refractivity contribution in [2.24, 2.45) is 0 Å². The minimum absolute atomic E-state index is 0.00704. The quantitative estimate of drug-likeness (QED) is 0.372. The number of aliphatic hydroxyl groups excluding tert-OH is 3. The summed E-state index contributed by atoms with van der Waals surface area (Å²) in [6.07, 6.45) is -2.70. The van der Waals surface area contributed by atoms with Crippen molar-refractivity contribution in [2.75, 3.05) is 12.4 Å². The van der Waals surface area contributed by atoms with Crippen LogP contribution in [0.15, 0.2) is 0 Å². The Morgan fingerprint density at radius 2 is 2.00 bits per heavy atom. The van der Waals surface area contributed by atoms with Gasteiger partial charge in [-0.15, -0.1) is 0 Å². The van der Waals surface area contributed by atoms with E-state index < -0.39 is 24.6 Å². The third-order valence-electron chi connectivity index (χ3n) is 1.04. The average molecular weight is 166 g/mol. The number of carbonyl (C=O) groups is 1. The first-order valence-electron chi connectivity index (χ1n) is 2.74. The number of ketones is 1. The fourth-order valence-electron chi connectivity index (χ4n) is 0.408. The van der Waals surface area contributed by atoms with E-state index in [0.717, 1.165) is 0 Å². The minimum Gasteiger partial charge on any atom is -0.389 e. The highest BCUT2D eigenvalue weighted by Crippen LogP contribution is 1.96. The highest BCUT2D eigenvalue weighted by atomic mass is 32.1. The SMILES string of the molecule is O=C(CO)[C@@H](O)[C@H](O)CS. The van der Waals surface area contributed by atoms with Crippen LogP contribution in [0.3, 0.4) is 0 Å². The molecule has 0 saturated carbocycles. The second kappa shape index (κ2) is 4.68. The van der Waals surface area contributed by atoms with Crippen molar-refractivity contribution in [3.8, 4) is 0 Å². The molecule has 0 unspecified atom stereocenters. The monoisotopic (exact) mass is 166 g/mol. The molecule has 0 amide bonds. The summed E-state index contributed by atoms with van der Waals surface area (Å²) in [5.74, 6) is -0.797. The van der Waals surface area contributed by atoms with Crippen LogP contribution in [0, 0.1) is 0 Å². The van der Waals surface area contributed by atoms with Gasteiger partial charge in [0.1, 0.15) is 12.7 Å². The van der Waals surface area contributed by atoms with Gasteiger partial charge in [-0.25, -0.2) is 0 Å². The van der Waals surface area contributed by atoms with Gasteiger partial charge in [0.2, 0.25) is 0 Å². The van der Waals surface area contributed by atoms with Gasteiger partial charge in [0, 0.05) is 5.75 Å². The van der Waals surface area contributed by atoms with Crippen LogP contribution in [0.1, 0.15) is 0 Å². The van der Waals surface area contributed by atoms with Crippen molar-refractivity contribution >= 4 is 18.4 Å². The van der Waals surface area contributed by atoms with Gasteiger partial charge in [0.15, 0.2) is 5.78 Å². The second-order valence-electron chi connectivity index (χ2n) is 1.82. The molecule has 0 aliphatic heterocycles. The van der Waals surface area contributed by atoms with Gasteiger partial charge in [0.05, 0.1) is 6.10 Å². The van der Waals surface area contributed by atoms with Crippen molar-refractivity contribution in [3.63, 3.8) is 0 Å². The van der Waals surface area contributed by atoms with Crippen LogP contribution in [0.2, 0.25) is 0 Å². The van der Waals surface area contributed by atoms with Crippen molar-refractivity contribution in [3.05, 3.63) is 0 Å². The Kier molecular flexibility index (Phi) is 4.63. The molecule has 0 rings (SSSR count). The first kappa shape index (κ1) is 9.90. The number of aliphatic hydroxyl groups is 3.